The molecule has 0 bridgehead atoms. The van der Waals surface area contributed by atoms with Gasteiger partial charge in [0.1, 0.15) is 36.6 Å². The summed E-state index contributed by atoms with van der Waals surface area (Å²) in [6.45, 7) is 0. The minimum atomic E-state index is -6.68. The third kappa shape index (κ3) is 35.3. The van der Waals surface area contributed by atoms with E-state index in [9.17, 15) is 86.1 Å². The predicted octanol–water partition coefficient (Wildman–Crippen LogP) is -37.7. The maximum Gasteiger partial charge on any atom is 1.00 e. The van der Waals surface area contributed by atoms with E-state index < -0.39 is 83.6 Å². The molecule has 1 saturated carbocycles. The van der Waals surface area contributed by atoms with Crippen LogP contribution in [0.1, 0.15) is 0 Å². The summed E-state index contributed by atoms with van der Waals surface area (Å²) in [7, 11) is -40.1. The second-order valence-electron chi connectivity index (χ2n) is 6.10. The number of hydrogen-bond acceptors (Lipinski definition) is 24. The smallest absolute Gasteiger partial charge is 0.790 e. The molecular weight excluding hydrogens is 849 g/mol. The molecule has 0 saturated heterocycles. The van der Waals surface area contributed by atoms with Crippen LogP contribution in [0.25, 0.3) is 0 Å². The Bertz CT molecular complexity index is 850. The summed E-state index contributed by atoms with van der Waals surface area (Å²) >= 11 is 0. The molecule has 0 spiro atoms. The van der Waals surface area contributed by atoms with Crippen molar-refractivity contribution in [3.05, 3.63) is 0 Å². The van der Waals surface area contributed by atoms with Gasteiger partial charge in [-0.25, -0.2) is 0 Å². The van der Waals surface area contributed by atoms with Gasteiger partial charge in [0.15, 0.2) is 0 Å². The van der Waals surface area contributed by atoms with Gasteiger partial charge in [-0.2, -0.15) is 0 Å². The molecule has 24 nitrogen and oxygen atoms in total. The molecule has 0 heterocycles. The van der Waals surface area contributed by atoms with Gasteiger partial charge in [-0.05, 0) is 0 Å². The van der Waals surface area contributed by atoms with Crippen molar-refractivity contribution in [2.24, 2.45) is 0 Å². The zero-order valence-corrected chi connectivity index (χ0v) is 48.3. The van der Waals surface area contributed by atoms with Gasteiger partial charge in [-0.15, -0.1) is 0 Å². The largest absolute Gasteiger partial charge is 1.00 e. The summed E-state index contributed by atoms with van der Waals surface area (Å²) in [5, 5.41) is 0. The molecule has 0 amide bonds. The Hall–Kier alpha value is 9.66. The van der Waals surface area contributed by atoms with Gasteiger partial charge in [0.25, 0.3) is 0 Å². The summed E-state index contributed by atoms with van der Waals surface area (Å²) in [4.78, 5) is 133. The minimum absolute atomic E-state index is 0. The van der Waals surface area contributed by atoms with Crippen molar-refractivity contribution in [2.75, 3.05) is 0 Å². The first-order chi connectivity index (χ1) is 15.6. The first-order valence-electron chi connectivity index (χ1n) is 7.80. The maximum atomic E-state index is 11.1. The molecule has 0 unspecified atom stereocenters. The summed E-state index contributed by atoms with van der Waals surface area (Å²) in [5.41, 5.74) is 0. The Morgan fingerprint density at radius 2 is 0.311 bits per heavy atom. The van der Waals surface area contributed by atoms with Crippen LogP contribution in [0.4, 0.5) is 0 Å². The predicted molar refractivity (Wildman–Crippen MR) is 74.9 cm³/mol. The Balaban J connectivity index is -0.000000206. The number of rotatable bonds is 12. The van der Waals surface area contributed by atoms with Crippen molar-refractivity contribution in [1.29, 1.82) is 0 Å². The average molecular weight is 855 g/mol. The van der Waals surface area contributed by atoms with Gasteiger partial charge < -0.3 is 113 Å². The minimum Gasteiger partial charge on any atom is -0.790 e. The summed E-state index contributed by atoms with van der Waals surface area (Å²) in [6, 6.07) is 0. The van der Waals surface area contributed by atoms with Crippen LogP contribution in [0.15, 0.2) is 0 Å². The molecule has 1 fully saturated rings. The van der Waals surface area contributed by atoms with Crippen molar-refractivity contribution in [2.45, 2.75) is 36.6 Å². The van der Waals surface area contributed by atoms with Gasteiger partial charge in [-0.1, -0.05) is 0 Å². The van der Waals surface area contributed by atoms with Gasteiger partial charge in [0, 0.05) is 0 Å². The maximum absolute atomic E-state index is 11.1. The third-order valence-electron chi connectivity index (χ3n) is 3.45. The van der Waals surface area contributed by atoms with E-state index in [1.165, 1.54) is 0 Å². The van der Waals surface area contributed by atoms with Gasteiger partial charge in [0.05, 0.1) is 46.9 Å². The van der Waals surface area contributed by atoms with Crippen LogP contribution >= 0.6 is 46.9 Å². The van der Waals surface area contributed by atoms with E-state index in [2.05, 4.69) is 27.1 Å². The Morgan fingerprint density at radius 3 is 0.356 bits per heavy atom. The van der Waals surface area contributed by atoms with E-state index >= 15 is 0 Å². The second-order valence-corrected chi connectivity index (χ2v) is 12.7. The topological polar surface area (TPSA) is 435 Å². The van der Waals surface area contributed by atoms with Crippen LogP contribution in [-0.4, -0.2) is 36.6 Å². The zero-order valence-electron chi connectivity index (χ0n) is 24.9. The molecule has 0 N–H and O–H groups in total. The van der Waals surface area contributed by atoms with Crippen molar-refractivity contribution < 1.29 is 379 Å². The first-order valence-corrected chi connectivity index (χ1v) is 16.6. The molecule has 1 aliphatic rings. The molecule has 0 aromatic carbocycles. The van der Waals surface area contributed by atoms with Crippen LogP contribution in [0.5, 0.6) is 0 Å². The summed E-state index contributed by atoms with van der Waals surface area (Å²) < 4.78 is 88.3. The van der Waals surface area contributed by atoms with Gasteiger partial charge in [-0.3, -0.25) is 0 Å². The molecule has 216 valence electrons. The van der Waals surface area contributed by atoms with Crippen LogP contribution in [0.2, 0.25) is 0 Å². The summed E-state index contributed by atoms with van der Waals surface area (Å²) in [5.74, 6) is 0. The van der Waals surface area contributed by atoms with Crippen molar-refractivity contribution in [1.82, 2.24) is 0 Å². The average Bonchev–Trinajstić information content (AvgIpc) is 2.51. The quantitative estimate of drug-likeness (QED) is 0.130. The van der Waals surface area contributed by atoms with Crippen molar-refractivity contribution >= 4 is 46.9 Å². The number of phosphoric ester groups is 6. The van der Waals surface area contributed by atoms with Crippen molar-refractivity contribution in [3.63, 3.8) is 0 Å². The molecule has 0 aliphatic heterocycles. The van der Waals surface area contributed by atoms with Crippen molar-refractivity contribution in [3.8, 4) is 0 Å². The summed E-state index contributed by atoms with van der Waals surface area (Å²) in [6.07, 6.45) is -21.5. The molecule has 45 heavy (non-hydrogen) atoms. The molecule has 1 rings (SSSR count). The molecule has 0 aromatic heterocycles. The molecule has 0 aromatic rings. The van der Waals surface area contributed by atoms with Gasteiger partial charge in [0.2, 0.25) is 0 Å². The molecular formula is C6H6Na9O24P6-3. The SMILES string of the molecule is O=P([O-])([O-])OC1C(OP(=O)([O-])[O-])C(OP(=O)([O-])[O-])C(OP(=O)([O-])[O-])C(OP(=O)([O-])[O-])C1OP(=O)([O-])[O-].[Na+].[Na+].[Na+].[Na+].[Na+].[Na+].[Na+].[Na+].[Na+]. The Kier molecular flexibility index (Phi) is 51.4. The molecule has 0 radical (unpaired) electrons. The van der Waals surface area contributed by atoms with Crippen LogP contribution in [0, 0.1) is 0 Å². The van der Waals surface area contributed by atoms with E-state index in [1.54, 1.807) is 0 Å². The fourth-order valence-corrected chi connectivity index (χ4v) is 5.96. The zero-order chi connectivity index (χ0) is 28.7. The number of phosphoric acid groups is 6. The van der Waals surface area contributed by atoms with Crippen LogP contribution in [-0.2, 0) is 54.5 Å². The fourth-order valence-electron chi connectivity index (χ4n) is 2.74. The van der Waals surface area contributed by atoms with E-state index in [1.807, 2.05) is 0 Å². The van der Waals surface area contributed by atoms with E-state index in [-0.39, 0.29) is 266 Å². The molecule has 39 heteroatoms. The van der Waals surface area contributed by atoms with E-state index in [4.69, 9.17) is 0 Å². The van der Waals surface area contributed by atoms with E-state index in [0.29, 0.717) is 0 Å². The monoisotopic (exact) mass is 855 g/mol. The van der Waals surface area contributed by atoms with Gasteiger partial charge >= 0.3 is 266 Å². The van der Waals surface area contributed by atoms with E-state index in [0.717, 1.165) is 0 Å². The Labute approximate surface area is 453 Å². The fraction of sp³-hybridized carbons (Fsp3) is 1.00. The second kappa shape index (κ2) is 30.7. The number of hydrogen-bond donors (Lipinski definition) is 0. The van der Waals surface area contributed by atoms with Crippen LogP contribution < -0.4 is 325 Å². The van der Waals surface area contributed by atoms with Crippen LogP contribution in [0.3, 0.4) is 0 Å². The molecule has 1 aliphatic carbocycles. The normalized spacial score (nSPS) is 23.5. The Morgan fingerprint density at radius 1 is 0.244 bits per heavy atom. The standard InChI is InChI=1S/C6H18O24P6.9Na/c7-31(8,9)25-1-2(26-32(10,11)12)4(28-34(16,17)18)6(30-36(22,23)24)5(29-35(19,20)21)3(1)27-33(13,14)15;;;;;;;;;/h1-6H,(H2,7,8,9)(H2,10,11,12)(H2,13,14,15)(H2,16,17,18)(H2,19,20,21)(H2,22,23,24);;;;;;;;;/q;9*+1/p-12. The first kappa shape index (κ1) is 75.5. The molecule has 0 atom stereocenters. The third-order valence-corrected chi connectivity index (χ3v) is 6.46.